The number of para-hydroxylation sites is 1. The third kappa shape index (κ3) is 4.24. The largest absolute Gasteiger partial charge is 0.493 e. The highest BCUT2D eigenvalue weighted by atomic mass is 16.5. The molecule has 0 aliphatic rings. The van der Waals surface area contributed by atoms with Crippen molar-refractivity contribution in [2.24, 2.45) is 0 Å². The molecule has 0 saturated heterocycles. The van der Waals surface area contributed by atoms with Crippen LogP contribution in [-0.4, -0.2) is 34.0 Å². The van der Waals surface area contributed by atoms with E-state index in [9.17, 15) is 0 Å². The van der Waals surface area contributed by atoms with E-state index in [0.29, 0.717) is 13.2 Å². The van der Waals surface area contributed by atoms with Crippen LogP contribution in [0.3, 0.4) is 0 Å². The van der Waals surface area contributed by atoms with Gasteiger partial charge in [0.25, 0.3) is 0 Å². The van der Waals surface area contributed by atoms with Gasteiger partial charge in [-0.25, -0.2) is 0 Å². The minimum atomic E-state index is 0.524. The first-order valence-electron chi connectivity index (χ1n) is 5.81. The number of ether oxygens (including phenoxy) is 3. The van der Waals surface area contributed by atoms with Gasteiger partial charge in [-0.2, -0.15) is 0 Å². The lowest BCUT2D eigenvalue weighted by atomic mass is 10.2. The minimum Gasteiger partial charge on any atom is -0.493 e. The lowest BCUT2D eigenvalue weighted by molar-refractivity contribution is 0.143. The molecule has 4 nitrogen and oxygen atoms in total. The molecule has 0 aliphatic heterocycles. The fraction of sp³-hybridized carbons (Fsp3) is 0.538. The Labute approximate surface area is 103 Å². The molecule has 0 bridgehead atoms. The summed E-state index contributed by atoms with van der Waals surface area (Å²) in [7, 11) is 3.31. The van der Waals surface area contributed by atoms with Gasteiger partial charge in [0.05, 0.1) is 13.7 Å². The first kappa shape index (κ1) is 13.8. The maximum Gasteiger partial charge on any atom is 0.165 e. The van der Waals surface area contributed by atoms with Crippen LogP contribution in [0.15, 0.2) is 18.2 Å². The van der Waals surface area contributed by atoms with Crippen molar-refractivity contribution in [3.63, 3.8) is 0 Å². The molecule has 0 spiro atoms. The molecule has 0 unspecified atom stereocenters. The molecule has 4 heteroatoms. The van der Waals surface area contributed by atoms with Crippen molar-refractivity contribution >= 4 is 0 Å². The summed E-state index contributed by atoms with van der Waals surface area (Å²) in [6.45, 7) is 4.87. The maximum atomic E-state index is 5.71. The number of benzene rings is 1. The average Bonchev–Trinajstić information content (AvgIpc) is 2.37. The summed E-state index contributed by atoms with van der Waals surface area (Å²) in [5.74, 6) is 1.56. The van der Waals surface area contributed by atoms with Crippen LogP contribution in [0.2, 0.25) is 0 Å². The Morgan fingerprint density at radius 3 is 2.65 bits per heavy atom. The van der Waals surface area contributed by atoms with Gasteiger partial charge < -0.3 is 19.5 Å². The molecular formula is C13H21NO3. The number of nitrogens with one attached hydrogen (secondary N) is 1. The Bertz CT molecular complexity index is 328. The summed E-state index contributed by atoms with van der Waals surface area (Å²) in [5, 5.41) is 3.28. The van der Waals surface area contributed by atoms with E-state index >= 15 is 0 Å². The molecule has 0 heterocycles. The van der Waals surface area contributed by atoms with Crippen LogP contribution >= 0.6 is 0 Å². The summed E-state index contributed by atoms with van der Waals surface area (Å²) < 4.78 is 16.0. The monoisotopic (exact) mass is 239 g/mol. The van der Waals surface area contributed by atoms with Gasteiger partial charge in [-0.1, -0.05) is 19.1 Å². The van der Waals surface area contributed by atoms with Gasteiger partial charge in [-0.05, 0) is 12.6 Å². The Hall–Kier alpha value is -1.26. The van der Waals surface area contributed by atoms with Crippen molar-refractivity contribution in [3.05, 3.63) is 23.8 Å². The zero-order valence-corrected chi connectivity index (χ0v) is 10.8. The maximum absolute atomic E-state index is 5.71. The molecule has 0 radical (unpaired) electrons. The summed E-state index contributed by atoms with van der Waals surface area (Å²) in [4.78, 5) is 0. The van der Waals surface area contributed by atoms with Crippen molar-refractivity contribution < 1.29 is 14.2 Å². The molecule has 1 rings (SSSR count). The summed E-state index contributed by atoms with van der Waals surface area (Å²) in [6.07, 6.45) is 0. The van der Waals surface area contributed by atoms with Crippen LogP contribution in [-0.2, 0) is 11.3 Å². The number of hydrogen-bond donors (Lipinski definition) is 1. The lowest BCUT2D eigenvalue weighted by Crippen LogP contribution is -2.14. The minimum absolute atomic E-state index is 0.524. The van der Waals surface area contributed by atoms with Crippen LogP contribution in [0.4, 0.5) is 0 Å². The first-order chi connectivity index (χ1) is 8.33. The predicted octanol–water partition coefficient (Wildman–Crippen LogP) is 1.83. The quantitative estimate of drug-likeness (QED) is 0.703. The Morgan fingerprint density at radius 1 is 1.18 bits per heavy atom. The van der Waals surface area contributed by atoms with E-state index in [1.165, 1.54) is 0 Å². The molecule has 0 amide bonds. The third-order valence-electron chi connectivity index (χ3n) is 2.38. The molecule has 0 aliphatic carbocycles. The fourth-order valence-corrected chi connectivity index (χ4v) is 1.51. The molecule has 96 valence electrons. The molecule has 0 fully saturated rings. The Morgan fingerprint density at radius 2 is 2.00 bits per heavy atom. The van der Waals surface area contributed by atoms with E-state index in [1.54, 1.807) is 14.2 Å². The number of rotatable bonds is 8. The summed E-state index contributed by atoms with van der Waals surface area (Å²) in [5.41, 5.74) is 1.10. The SMILES string of the molecule is CCNCc1cccc(OC)c1OCCOC. The van der Waals surface area contributed by atoms with Crippen molar-refractivity contribution in [3.8, 4) is 11.5 Å². The molecule has 1 aromatic rings. The highest BCUT2D eigenvalue weighted by Crippen LogP contribution is 2.30. The standard InChI is InChI=1S/C13H21NO3/c1-4-14-10-11-6-5-7-12(16-3)13(11)17-9-8-15-2/h5-7,14H,4,8-10H2,1-3H3. The molecule has 1 aromatic carbocycles. The Kier molecular flexibility index (Phi) is 6.43. The highest BCUT2D eigenvalue weighted by molar-refractivity contribution is 5.46. The van der Waals surface area contributed by atoms with Crippen molar-refractivity contribution in [1.29, 1.82) is 0 Å². The second kappa shape index (κ2) is 7.92. The zero-order valence-electron chi connectivity index (χ0n) is 10.8. The van der Waals surface area contributed by atoms with E-state index < -0.39 is 0 Å². The second-order valence-electron chi connectivity index (χ2n) is 3.57. The van der Waals surface area contributed by atoms with Crippen LogP contribution in [0, 0.1) is 0 Å². The van der Waals surface area contributed by atoms with Crippen molar-refractivity contribution in [2.75, 3.05) is 34.0 Å². The van der Waals surface area contributed by atoms with E-state index in [2.05, 4.69) is 12.2 Å². The molecule has 0 aromatic heterocycles. The van der Waals surface area contributed by atoms with E-state index in [1.807, 2.05) is 18.2 Å². The van der Waals surface area contributed by atoms with Crippen LogP contribution in [0.1, 0.15) is 12.5 Å². The summed E-state index contributed by atoms with van der Waals surface area (Å²) >= 11 is 0. The van der Waals surface area contributed by atoms with E-state index in [0.717, 1.165) is 30.2 Å². The number of methoxy groups -OCH3 is 2. The van der Waals surface area contributed by atoms with E-state index in [-0.39, 0.29) is 0 Å². The molecule has 0 atom stereocenters. The normalized spacial score (nSPS) is 10.3. The van der Waals surface area contributed by atoms with Gasteiger partial charge in [0, 0.05) is 19.2 Å². The van der Waals surface area contributed by atoms with Gasteiger partial charge in [-0.15, -0.1) is 0 Å². The topological polar surface area (TPSA) is 39.7 Å². The van der Waals surface area contributed by atoms with Crippen molar-refractivity contribution in [2.45, 2.75) is 13.5 Å². The van der Waals surface area contributed by atoms with Crippen molar-refractivity contribution in [1.82, 2.24) is 5.32 Å². The first-order valence-corrected chi connectivity index (χ1v) is 5.81. The van der Waals surface area contributed by atoms with Gasteiger partial charge in [0.2, 0.25) is 0 Å². The second-order valence-corrected chi connectivity index (χ2v) is 3.57. The fourth-order valence-electron chi connectivity index (χ4n) is 1.51. The van der Waals surface area contributed by atoms with E-state index in [4.69, 9.17) is 14.2 Å². The van der Waals surface area contributed by atoms with Crippen LogP contribution in [0.5, 0.6) is 11.5 Å². The third-order valence-corrected chi connectivity index (χ3v) is 2.38. The molecule has 0 saturated carbocycles. The van der Waals surface area contributed by atoms with Gasteiger partial charge in [-0.3, -0.25) is 0 Å². The average molecular weight is 239 g/mol. The number of hydrogen-bond acceptors (Lipinski definition) is 4. The van der Waals surface area contributed by atoms with Gasteiger partial charge in [0.1, 0.15) is 6.61 Å². The highest BCUT2D eigenvalue weighted by Gasteiger charge is 2.09. The molecular weight excluding hydrogens is 218 g/mol. The molecule has 1 N–H and O–H groups in total. The summed E-state index contributed by atoms with van der Waals surface area (Å²) in [6, 6.07) is 5.90. The molecule has 17 heavy (non-hydrogen) atoms. The van der Waals surface area contributed by atoms with Crippen LogP contribution in [0.25, 0.3) is 0 Å². The smallest absolute Gasteiger partial charge is 0.165 e. The predicted molar refractivity (Wildman–Crippen MR) is 67.7 cm³/mol. The zero-order chi connectivity index (χ0) is 12.5. The van der Waals surface area contributed by atoms with Crippen LogP contribution < -0.4 is 14.8 Å². The Balaban J connectivity index is 2.78. The lowest BCUT2D eigenvalue weighted by Gasteiger charge is -2.15. The van der Waals surface area contributed by atoms with Gasteiger partial charge in [0.15, 0.2) is 11.5 Å². The van der Waals surface area contributed by atoms with Gasteiger partial charge >= 0.3 is 0 Å².